The first kappa shape index (κ1) is 23.5. The van der Waals surface area contributed by atoms with Crippen molar-refractivity contribution < 1.29 is 25.9 Å². The second-order valence-electron chi connectivity index (χ2n) is 8.34. The quantitative estimate of drug-likeness (QED) is 0.589. The highest BCUT2D eigenvalue weighted by Gasteiger charge is 2.23. The van der Waals surface area contributed by atoms with Crippen molar-refractivity contribution in [1.82, 2.24) is 0 Å². The lowest BCUT2D eigenvalue weighted by atomic mass is 9.81. The maximum Gasteiger partial charge on any atom is 0.294 e. The predicted molar refractivity (Wildman–Crippen MR) is 112 cm³/mol. The molecule has 2 rings (SSSR count). The average Bonchev–Trinajstić information content (AvgIpc) is 2.56. The molecular weight excluding hydrogens is 412 g/mol. The van der Waals surface area contributed by atoms with Gasteiger partial charge in [0.1, 0.15) is 0 Å². The Balaban J connectivity index is 2.17. The van der Waals surface area contributed by atoms with E-state index >= 15 is 0 Å². The zero-order valence-corrected chi connectivity index (χ0v) is 18.8. The van der Waals surface area contributed by atoms with Crippen LogP contribution in [0.1, 0.15) is 48.9 Å². The van der Waals surface area contributed by atoms with Gasteiger partial charge in [-0.15, -0.1) is 0 Å². The van der Waals surface area contributed by atoms with Gasteiger partial charge in [0.25, 0.3) is 20.2 Å². The lowest BCUT2D eigenvalue weighted by Crippen LogP contribution is -2.16. The van der Waals surface area contributed by atoms with E-state index in [1.54, 1.807) is 24.3 Å². The Labute approximate surface area is 173 Å². The summed E-state index contributed by atoms with van der Waals surface area (Å²) in [6.07, 6.45) is 2.21. The van der Waals surface area contributed by atoms with Gasteiger partial charge in [0, 0.05) is 0 Å². The van der Waals surface area contributed by atoms with Crippen LogP contribution in [0.5, 0.6) is 0 Å². The molecule has 0 saturated carbocycles. The first-order valence-corrected chi connectivity index (χ1v) is 12.2. The van der Waals surface area contributed by atoms with Crippen LogP contribution in [0.25, 0.3) is 0 Å². The van der Waals surface area contributed by atoms with Crippen molar-refractivity contribution in [2.75, 3.05) is 0 Å². The molecule has 0 unspecified atom stereocenters. The molecule has 29 heavy (non-hydrogen) atoms. The summed E-state index contributed by atoms with van der Waals surface area (Å²) < 4.78 is 65.5. The van der Waals surface area contributed by atoms with Crippen LogP contribution in [0.2, 0.25) is 0 Å². The van der Waals surface area contributed by atoms with Crippen molar-refractivity contribution in [3.05, 3.63) is 58.7 Å². The van der Waals surface area contributed by atoms with E-state index in [-0.39, 0.29) is 15.2 Å². The first-order chi connectivity index (χ1) is 13.2. The average molecular weight is 441 g/mol. The third-order valence-electron chi connectivity index (χ3n) is 5.13. The van der Waals surface area contributed by atoms with Gasteiger partial charge in [-0.2, -0.15) is 16.8 Å². The molecule has 2 aromatic carbocycles. The molecular formula is C21H28O6S2. The van der Waals surface area contributed by atoms with E-state index in [1.807, 2.05) is 27.7 Å². The lowest BCUT2D eigenvalue weighted by Gasteiger charge is -2.25. The van der Waals surface area contributed by atoms with Crippen LogP contribution < -0.4 is 0 Å². The molecule has 2 N–H and O–H groups in total. The second-order valence-corrected chi connectivity index (χ2v) is 11.1. The van der Waals surface area contributed by atoms with Crippen LogP contribution in [-0.2, 0) is 33.1 Å². The Morgan fingerprint density at radius 2 is 1.07 bits per heavy atom. The Hall–Kier alpha value is -1.74. The highest BCUT2D eigenvalue weighted by Crippen LogP contribution is 2.32. The minimum atomic E-state index is -4.29. The van der Waals surface area contributed by atoms with E-state index in [0.717, 1.165) is 11.1 Å². The molecule has 6 nitrogen and oxygen atoms in total. The SMILES string of the molecule is Cc1ccc(S(=O)(=O)O)c(CCC(C)(C)CCc2cc(C)ccc2S(=O)(=O)O)c1. The fourth-order valence-corrected chi connectivity index (χ4v) is 4.85. The van der Waals surface area contributed by atoms with Crippen LogP contribution in [-0.4, -0.2) is 25.9 Å². The number of hydrogen-bond donors (Lipinski definition) is 2. The minimum absolute atomic E-state index is 0.0776. The van der Waals surface area contributed by atoms with Crippen molar-refractivity contribution in [3.8, 4) is 0 Å². The highest BCUT2D eigenvalue weighted by atomic mass is 32.2. The van der Waals surface area contributed by atoms with Gasteiger partial charge in [-0.1, -0.05) is 49.2 Å². The molecule has 0 spiro atoms. The lowest BCUT2D eigenvalue weighted by molar-refractivity contribution is 0.306. The predicted octanol–water partition coefficient (Wildman–Crippen LogP) is 4.39. The zero-order valence-electron chi connectivity index (χ0n) is 17.1. The van der Waals surface area contributed by atoms with E-state index in [1.165, 1.54) is 12.1 Å². The molecule has 0 fully saturated rings. The highest BCUT2D eigenvalue weighted by molar-refractivity contribution is 7.86. The number of aryl methyl sites for hydroxylation is 4. The summed E-state index contributed by atoms with van der Waals surface area (Å²) in [6.45, 7) is 7.77. The van der Waals surface area contributed by atoms with Crippen LogP contribution in [0.15, 0.2) is 46.2 Å². The molecule has 0 saturated heterocycles. The van der Waals surface area contributed by atoms with Gasteiger partial charge in [-0.25, -0.2) is 0 Å². The molecule has 0 atom stereocenters. The summed E-state index contributed by atoms with van der Waals surface area (Å²) in [5.74, 6) is 0. The van der Waals surface area contributed by atoms with Crippen molar-refractivity contribution in [1.29, 1.82) is 0 Å². The standard InChI is InChI=1S/C21H28O6S2/c1-15-5-7-19(28(22,23)24)17(13-15)9-11-21(3,4)12-10-18-14-16(2)6-8-20(18)29(25,26)27/h5-8,13-14H,9-12H2,1-4H3,(H,22,23,24)(H,25,26,27). The Morgan fingerprint density at radius 1 is 0.724 bits per heavy atom. The maximum absolute atomic E-state index is 11.6. The summed E-state index contributed by atoms with van der Waals surface area (Å²) in [5.41, 5.74) is 2.72. The molecule has 160 valence electrons. The molecule has 0 aromatic heterocycles. The Kier molecular flexibility index (Phi) is 6.94. The van der Waals surface area contributed by atoms with Gasteiger partial charge in [-0.3, -0.25) is 9.11 Å². The third-order valence-corrected chi connectivity index (χ3v) is 7.04. The molecule has 0 radical (unpaired) electrons. The van der Waals surface area contributed by atoms with Crippen LogP contribution in [0.3, 0.4) is 0 Å². The molecule has 8 heteroatoms. The van der Waals surface area contributed by atoms with E-state index < -0.39 is 20.2 Å². The summed E-state index contributed by atoms with van der Waals surface area (Å²) in [6, 6.07) is 9.64. The fourth-order valence-electron chi connectivity index (χ4n) is 3.38. The number of benzene rings is 2. The molecule has 0 bridgehead atoms. The Morgan fingerprint density at radius 3 is 1.38 bits per heavy atom. The zero-order chi connectivity index (χ0) is 22.0. The van der Waals surface area contributed by atoms with Crippen LogP contribution in [0, 0.1) is 19.3 Å². The molecule has 0 aliphatic heterocycles. The van der Waals surface area contributed by atoms with Crippen molar-refractivity contribution >= 4 is 20.2 Å². The maximum atomic E-state index is 11.6. The number of hydrogen-bond acceptors (Lipinski definition) is 4. The topological polar surface area (TPSA) is 109 Å². The molecule has 0 aliphatic rings. The Bertz CT molecular complexity index is 1010. The summed E-state index contributed by atoms with van der Waals surface area (Å²) >= 11 is 0. The van der Waals surface area contributed by atoms with Crippen molar-refractivity contribution in [2.24, 2.45) is 5.41 Å². The van der Waals surface area contributed by atoms with Crippen LogP contribution in [0.4, 0.5) is 0 Å². The second kappa shape index (κ2) is 8.55. The smallest absolute Gasteiger partial charge is 0.282 e. The summed E-state index contributed by atoms with van der Waals surface area (Å²) in [4.78, 5) is -0.155. The van der Waals surface area contributed by atoms with Gasteiger partial charge in [0.15, 0.2) is 0 Å². The molecule has 0 aliphatic carbocycles. The van der Waals surface area contributed by atoms with E-state index in [2.05, 4.69) is 0 Å². The van der Waals surface area contributed by atoms with E-state index in [4.69, 9.17) is 0 Å². The van der Waals surface area contributed by atoms with Gasteiger partial charge >= 0.3 is 0 Å². The summed E-state index contributed by atoms with van der Waals surface area (Å²) in [5, 5.41) is 0. The van der Waals surface area contributed by atoms with Crippen molar-refractivity contribution in [2.45, 2.75) is 63.2 Å². The van der Waals surface area contributed by atoms with Gasteiger partial charge in [-0.05, 0) is 68.2 Å². The molecule has 0 amide bonds. The summed E-state index contributed by atoms with van der Waals surface area (Å²) in [7, 11) is -8.59. The van der Waals surface area contributed by atoms with Gasteiger partial charge in [0.2, 0.25) is 0 Å². The van der Waals surface area contributed by atoms with Crippen LogP contribution >= 0.6 is 0 Å². The largest absolute Gasteiger partial charge is 0.294 e. The van der Waals surface area contributed by atoms with Gasteiger partial charge < -0.3 is 0 Å². The van der Waals surface area contributed by atoms with Gasteiger partial charge in [0.05, 0.1) is 9.79 Å². The van der Waals surface area contributed by atoms with E-state index in [9.17, 15) is 25.9 Å². The molecule has 2 aromatic rings. The number of rotatable bonds is 8. The monoisotopic (exact) mass is 440 g/mol. The minimum Gasteiger partial charge on any atom is -0.282 e. The fraction of sp³-hybridized carbons (Fsp3) is 0.429. The van der Waals surface area contributed by atoms with Crippen molar-refractivity contribution in [3.63, 3.8) is 0 Å². The first-order valence-electron chi connectivity index (χ1n) is 9.33. The normalized spacial score (nSPS) is 12.9. The van der Waals surface area contributed by atoms with E-state index in [0.29, 0.717) is 36.8 Å². The third kappa shape index (κ3) is 6.64. The molecule has 0 heterocycles.